The fraction of sp³-hybridized carbons (Fsp3) is 0.647. The summed E-state index contributed by atoms with van der Waals surface area (Å²) >= 11 is 3.58. The van der Waals surface area contributed by atoms with Crippen molar-refractivity contribution in [2.45, 2.75) is 46.1 Å². The lowest BCUT2D eigenvalue weighted by atomic mass is 10.2. The minimum Gasteiger partial charge on any atom is -0.492 e. The average Bonchev–Trinajstić information content (AvgIpc) is 2.44. The highest BCUT2D eigenvalue weighted by molar-refractivity contribution is 9.10. The molecule has 4 heteroatoms. The van der Waals surface area contributed by atoms with Crippen LogP contribution >= 0.6 is 15.9 Å². The normalized spacial score (nSPS) is 11.1. The highest BCUT2D eigenvalue weighted by Crippen LogP contribution is 2.26. The highest BCUT2D eigenvalue weighted by Gasteiger charge is 2.03. The van der Waals surface area contributed by atoms with E-state index in [1.165, 1.54) is 5.56 Å². The van der Waals surface area contributed by atoms with Gasteiger partial charge in [-0.1, -0.05) is 26.3 Å². The third kappa shape index (κ3) is 8.44. The molecule has 3 nitrogen and oxygen atoms in total. The summed E-state index contributed by atoms with van der Waals surface area (Å²) in [5.74, 6) is 1.58. The van der Waals surface area contributed by atoms with Crippen molar-refractivity contribution in [3.05, 3.63) is 28.2 Å². The number of aliphatic hydroxyl groups is 1. The SMILES string of the molecule is CC(C)CNCc1ccc(OCCCCCCO)c(Br)c1. The van der Waals surface area contributed by atoms with Crippen molar-refractivity contribution in [2.75, 3.05) is 19.8 Å². The van der Waals surface area contributed by atoms with Gasteiger partial charge >= 0.3 is 0 Å². The van der Waals surface area contributed by atoms with Gasteiger partial charge in [0.15, 0.2) is 0 Å². The van der Waals surface area contributed by atoms with Gasteiger partial charge in [0.05, 0.1) is 11.1 Å². The molecule has 0 aliphatic carbocycles. The number of ether oxygens (including phenoxy) is 1. The van der Waals surface area contributed by atoms with Crippen LogP contribution < -0.4 is 10.1 Å². The van der Waals surface area contributed by atoms with Crippen molar-refractivity contribution < 1.29 is 9.84 Å². The summed E-state index contributed by atoms with van der Waals surface area (Å²) in [7, 11) is 0. The molecular weight excluding hydrogens is 330 g/mol. The lowest BCUT2D eigenvalue weighted by Crippen LogP contribution is -2.18. The molecule has 1 aromatic carbocycles. The molecule has 0 spiro atoms. The molecule has 0 saturated heterocycles. The fourth-order valence-electron chi connectivity index (χ4n) is 2.03. The predicted molar refractivity (Wildman–Crippen MR) is 91.7 cm³/mol. The standard InChI is InChI=1S/C17H28BrNO2/c1-14(2)12-19-13-15-7-8-17(16(18)11-15)21-10-6-4-3-5-9-20/h7-8,11,14,19-20H,3-6,9-10,12-13H2,1-2H3. The number of nitrogens with one attached hydrogen (secondary N) is 1. The maximum atomic E-state index is 8.71. The van der Waals surface area contributed by atoms with Gasteiger partial charge in [-0.25, -0.2) is 0 Å². The molecule has 0 bridgehead atoms. The number of aliphatic hydroxyl groups excluding tert-OH is 1. The molecule has 0 heterocycles. The van der Waals surface area contributed by atoms with E-state index in [0.717, 1.165) is 55.6 Å². The first-order chi connectivity index (χ1) is 10.1. The molecule has 2 N–H and O–H groups in total. The van der Waals surface area contributed by atoms with E-state index in [1.54, 1.807) is 0 Å². The van der Waals surface area contributed by atoms with Crippen LogP contribution in [0, 0.1) is 5.92 Å². The van der Waals surface area contributed by atoms with Crippen LogP contribution in [0.2, 0.25) is 0 Å². The summed E-state index contributed by atoms with van der Waals surface area (Å²) in [6, 6.07) is 6.26. The summed E-state index contributed by atoms with van der Waals surface area (Å²) in [4.78, 5) is 0. The number of hydrogen-bond donors (Lipinski definition) is 2. The van der Waals surface area contributed by atoms with E-state index < -0.39 is 0 Å². The Labute approximate surface area is 137 Å². The average molecular weight is 358 g/mol. The number of hydrogen-bond acceptors (Lipinski definition) is 3. The van der Waals surface area contributed by atoms with Gasteiger partial charge in [-0.05, 0) is 65.4 Å². The fourth-order valence-corrected chi connectivity index (χ4v) is 2.57. The molecule has 0 amide bonds. The van der Waals surface area contributed by atoms with Crippen LogP contribution in [-0.2, 0) is 6.54 Å². The molecule has 0 atom stereocenters. The first-order valence-electron chi connectivity index (χ1n) is 7.86. The van der Waals surface area contributed by atoms with Crippen LogP contribution in [-0.4, -0.2) is 24.9 Å². The Balaban J connectivity index is 2.29. The third-order valence-electron chi connectivity index (χ3n) is 3.19. The first kappa shape index (κ1) is 18.5. The van der Waals surface area contributed by atoms with Gasteiger partial charge in [0, 0.05) is 13.2 Å². The Morgan fingerprint density at radius 1 is 1.19 bits per heavy atom. The largest absolute Gasteiger partial charge is 0.492 e. The van der Waals surface area contributed by atoms with Gasteiger partial charge in [-0.3, -0.25) is 0 Å². The lowest BCUT2D eigenvalue weighted by molar-refractivity contribution is 0.273. The van der Waals surface area contributed by atoms with E-state index in [-0.39, 0.29) is 0 Å². The molecule has 0 fully saturated rings. The van der Waals surface area contributed by atoms with Crippen LogP contribution in [0.15, 0.2) is 22.7 Å². The highest BCUT2D eigenvalue weighted by atomic mass is 79.9. The smallest absolute Gasteiger partial charge is 0.133 e. The second-order valence-electron chi connectivity index (χ2n) is 5.78. The maximum absolute atomic E-state index is 8.71. The molecule has 0 unspecified atom stereocenters. The summed E-state index contributed by atoms with van der Waals surface area (Å²) < 4.78 is 6.80. The van der Waals surface area contributed by atoms with Crippen LogP contribution in [0.5, 0.6) is 5.75 Å². The first-order valence-corrected chi connectivity index (χ1v) is 8.65. The Morgan fingerprint density at radius 2 is 1.95 bits per heavy atom. The Hall–Kier alpha value is -0.580. The molecule has 1 aromatic rings. The van der Waals surface area contributed by atoms with E-state index in [2.05, 4.69) is 47.2 Å². The molecule has 0 aromatic heterocycles. The van der Waals surface area contributed by atoms with Gasteiger partial charge in [-0.15, -0.1) is 0 Å². The minimum atomic E-state index is 0.290. The Bertz CT molecular complexity index is 396. The van der Waals surface area contributed by atoms with E-state index in [9.17, 15) is 0 Å². The van der Waals surface area contributed by atoms with E-state index in [1.807, 2.05) is 6.07 Å². The molecule has 0 aliphatic rings. The topological polar surface area (TPSA) is 41.5 Å². The number of halogens is 1. The molecule has 1 rings (SSSR count). The Morgan fingerprint density at radius 3 is 2.62 bits per heavy atom. The summed E-state index contributed by atoms with van der Waals surface area (Å²) in [5, 5.41) is 12.2. The quantitative estimate of drug-likeness (QED) is 0.585. The monoisotopic (exact) mass is 357 g/mol. The van der Waals surface area contributed by atoms with E-state index >= 15 is 0 Å². The van der Waals surface area contributed by atoms with Crippen molar-refractivity contribution in [1.29, 1.82) is 0 Å². The van der Waals surface area contributed by atoms with E-state index in [4.69, 9.17) is 9.84 Å². The summed E-state index contributed by atoms with van der Waals surface area (Å²) in [6.45, 7) is 7.36. The van der Waals surface area contributed by atoms with Crippen LogP contribution in [0.3, 0.4) is 0 Å². The molecular formula is C17H28BrNO2. The number of unbranched alkanes of at least 4 members (excludes halogenated alkanes) is 3. The second kappa shape index (κ2) is 11.0. The van der Waals surface area contributed by atoms with Crippen molar-refractivity contribution in [1.82, 2.24) is 5.32 Å². The Kier molecular flexibility index (Phi) is 9.72. The third-order valence-corrected chi connectivity index (χ3v) is 3.81. The minimum absolute atomic E-state index is 0.290. The van der Waals surface area contributed by atoms with Gasteiger partial charge in [-0.2, -0.15) is 0 Å². The van der Waals surface area contributed by atoms with Crippen molar-refractivity contribution in [3.8, 4) is 5.75 Å². The molecule has 120 valence electrons. The lowest BCUT2D eigenvalue weighted by Gasteiger charge is -2.11. The molecule has 0 radical (unpaired) electrons. The van der Waals surface area contributed by atoms with Crippen molar-refractivity contribution in [2.24, 2.45) is 5.92 Å². The summed E-state index contributed by atoms with van der Waals surface area (Å²) in [6.07, 6.45) is 4.10. The molecule has 0 aliphatic heterocycles. The zero-order chi connectivity index (χ0) is 15.5. The van der Waals surface area contributed by atoms with Crippen LogP contribution in [0.25, 0.3) is 0 Å². The van der Waals surface area contributed by atoms with Crippen LogP contribution in [0.4, 0.5) is 0 Å². The van der Waals surface area contributed by atoms with E-state index in [0.29, 0.717) is 12.5 Å². The molecule has 21 heavy (non-hydrogen) atoms. The van der Waals surface area contributed by atoms with Gasteiger partial charge in [0.25, 0.3) is 0 Å². The van der Waals surface area contributed by atoms with Gasteiger partial charge in [0.1, 0.15) is 5.75 Å². The second-order valence-corrected chi connectivity index (χ2v) is 6.63. The number of benzene rings is 1. The van der Waals surface area contributed by atoms with Gasteiger partial charge in [0.2, 0.25) is 0 Å². The van der Waals surface area contributed by atoms with Crippen molar-refractivity contribution in [3.63, 3.8) is 0 Å². The predicted octanol–water partition coefficient (Wildman–Crippen LogP) is 4.13. The van der Waals surface area contributed by atoms with Gasteiger partial charge < -0.3 is 15.2 Å². The zero-order valence-corrected chi connectivity index (χ0v) is 14.8. The number of rotatable bonds is 11. The summed E-state index contributed by atoms with van der Waals surface area (Å²) in [5.41, 5.74) is 1.26. The van der Waals surface area contributed by atoms with Crippen LogP contribution in [0.1, 0.15) is 45.1 Å². The molecule has 0 saturated carbocycles. The zero-order valence-electron chi connectivity index (χ0n) is 13.2. The van der Waals surface area contributed by atoms with Crippen molar-refractivity contribution >= 4 is 15.9 Å². The maximum Gasteiger partial charge on any atom is 0.133 e.